The minimum absolute atomic E-state index is 0.147. The average Bonchev–Trinajstić information content (AvgIpc) is 2.16. The molecule has 12 heavy (non-hydrogen) atoms. The van der Waals surface area contributed by atoms with Crippen LogP contribution in [0.2, 0.25) is 6.82 Å². The Morgan fingerprint density at radius 3 is 1.75 bits per heavy atom. The smallest absolute Gasteiger partial charge is 0.419 e. The van der Waals surface area contributed by atoms with E-state index in [0.717, 1.165) is 4.81 Å². The van der Waals surface area contributed by atoms with E-state index in [1.165, 1.54) is 6.82 Å². The van der Waals surface area contributed by atoms with Gasteiger partial charge < -0.3 is 5.02 Å². The Hall–Kier alpha value is -0.135. The molecule has 0 aromatic rings. The van der Waals surface area contributed by atoms with Crippen molar-refractivity contribution in [3.05, 3.63) is 8.96 Å². The summed E-state index contributed by atoms with van der Waals surface area (Å²) in [5, 5.41) is 9.04. The molecule has 1 N–H and O–H groups in total. The first kappa shape index (κ1) is 9.95. The lowest BCUT2D eigenvalue weighted by Gasteiger charge is -2.13. The monoisotopic (exact) mass is 295 g/mol. The largest absolute Gasteiger partial charge is 0.432 e. The molecule has 0 fully saturated rings. The second-order valence-electron chi connectivity index (χ2n) is 2.24. The third-order valence-electron chi connectivity index (χ3n) is 1.38. The summed E-state index contributed by atoms with van der Waals surface area (Å²) in [6, 6.07) is 0. The fourth-order valence-electron chi connectivity index (χ4n) is 0.831. The van der Waals surface area contributed by atoms with Crippen molar-refractivity contribution in [3.8, 4) is 0 Å². The molecule has 1 aliphatic heterocycles. The first-order valence-corrected chi connectivity index (χ1v) is 4.66. The number of carbonyl (C=O) groups excluding carboxylic acids is 2. The third-order valence-corrected chi connectivity index (χ3v) is 3.38. The molecular weight excluding hydrogens is 293 g/mol. The van der Waals surface area contributed by atoms with E-state index in [2.05, 4.69) is 31.9 Å². The van der Waals surface area contributed by atoms with Gasteiger partial charge in [0.05, 0.1) is 0 Å². The summed E-state index contributed by atoms with van der Waals surface area (Å²) >= 11 is 5.86. The van der Waals surface area contributed by atoms with Crippen LogP contribution in [0, 0.1) is 0 Å². The molecule has 0 atom stereocenters. The number of imide groups is 1. The molecule has 0 spiro atoms. The van der Waals surface area contributed by atoms with Gasteiger partial charge in [0, 0.05) is 0 Å². The molecular formula is C5H4BBr2NO3. The van der Waals surface area contributed by atoms with E-state index in [4.69, 9.17) is 5.02 Å². The predicted octanol–water partition coefficient (Wildman–Crippen LogP) is 0.467. The SMILES string of the molecule is CB(O)N1C(=O)C(Br)=C(Br)C1=O. The molecule has 0 saturated carbocycles. The Morgan fingerprint density at radius 1 is 1.25 bits per heavy atom. The van der Waals surface area contributed by atoms with Gasteiger partial charge >= 0.3 is 7.05 Å². The van der Waals surface area contributed by atoms with E-state index in [-0.39, 0.29) is 8.96 Å². The Labute approximate surface area is 86.0 Å². The van der Waals surface area contributed by atoms with Gasteiger partial charge in [0.25, 0.3) is 11.8 Å². The van der Waals surface area contributed by atoms with E-state index < -0.39 is 18.9 Å². The molecule has 1 rings (SSSR count). The Kier molecular flexibility index (Phi) is 2.75. The van der Waals surface area contributed by atoms with Crippen molar-refractivity contribution < 1.29 is 14.6 Å². The zero-order valence-electron chi connectivity index (χ0n) is 6.04. The van der Waals surface area contributed by atoms with Gasteiger partial charge in [-0.15, -0.1) is 0 Å². The molecule has 0 unspecified atom stereocenters. The lowest BCUT2D eigenvalue weighted by molar-refractivity contribution is -0.132. The maximum atomic E-state index is 11.2. The summed E-state index contributed by atoms with van der Waals surface area (Å²) in [6.45, 7) is 1.35. The van der Waals surface area contributed by atoms with Crippen LogP contribution in [0.15, 0.2) is 8.96 Å². The molecule has 0 aromatic heterocycles. The molecule has 7 heteroatoms. The predicted molar refractivity (Wildman–Crippen MR) is 50.6 cm³/mol. The summed E-state index contributed by atoms with van der Waals surface area (Å²) in [6.07, 6.45) is 0. The fourth-order valence-corrected chi connectivity index (χ4v) is 1.55. The minimum atomic E-state index is -1.10. The molecule has 64 valence electrons. The molecule has 0 radical (unpaired) electrons. The summed E-state index contributed by atoms with van der Waals surface area (Å²) in [5.41, 5.74) is 0. The number of hydrogen-bond donors (Lipinski definition) is 1. The number of nitrogens with zero attached hydrogens (tertiary/aromatic N) is 1. The highest BCUT2D eigenvalue weighted by molar-refractivity contribution is 9.14. The quantitative estimate of drug-likeness (QED) is 0.565. The van der Waals surface area contributed by atoms with Crippen molar-refractivity contribution in [2.75, 3.05) is 0 Å². The van der Waals surface area contributed by atoms with Crippen LogP contribution in [-0.4, -0.2) is 28.7 Å². The Morgan fingerprint density at radius 2 is 1.58 bits per heavy atom. The van der Waals surface area contributed by atoms with Crippen LogP contribution >= 0.6 is 31.9 Å². The van der Waals surface area contributed by atoms with Crippen LogP contribution in [0.25, 0.3) is 0 Å². The maximum absolute atomic E-state index is 11.2. The summed E-state index contributed by atoms with van der Waals surface area (Å²) in [7, 11) is -1.10. The second-order valence-corrected chi connectivity index (χ2v) is 3.83. The van der Waals surface area contributed by atoms with Gasteiger partial charge in [-0.2, -0.15) is 0 Å². The molecule has 0 aliphatic carbocycles. The van der Waals surface area contributed by atoms with Gasteiger partial charge in [0.2, 0.25) is 0 Å². The fraction of sp³-hybridized carbons (Fsp3) is 0.200. The van der Waals surface area contributed by atoms with Crippen molar-refractivity contribution in [1.29, 1.82) is 0 Å². The van der Waals surface area contributed by atoms with Crippen molar-refractivity contribution in [2.45, 2.75) is 6.82 Å². The second kappa shape index (κ2) is 3.31. The van der Waals surface area contributed by atoms with E-state index in [1.54, 1.807) is 0 Å². The zero-order chi connectivity index (χ0) is 9.46. The Balaban J connectivity index is 3.04. The molecule has 2 amide bonds. The molecule has 0 aromatic carbocycles. The lowest BCUT2D eigenvalue weighted by Crippen LogP contribution is -2.42. The van der Waals surface area contributed by atoms with Gasteiger partial charge in [0.1, 0.15) is 8.96 Å². The van der Waals surface area contributed by atoms with E-state index >= 15 is 0 Å². The molecule has 1 heterocycles. The number of amides is 2. The summed E-state index contributed by atoms with van der Waals surface area (Å²) in [4.78, 5) is 23.1. The summed E-state index contributed by atoms with van der Waals surface area (Å²) in [5.74, 6) is -1.05. The molecule has 0 saturated heterocycles. The molecule has 4 nitrogen and oxygen atoms in total. The van der Waals surface area contributed by atoms with Crippen LogP contribution in [0.3, 0.4) is 0 Å². The van der Waals surface area contributed by atoms with Crippen LogP contribution in [0.5, 0.6) is 0 Å². The van der Waals surface area contributed by atoms with Crippen molar-refractivity contribution in [1.82, 2.24) is 4.81 Å². The number of halogens is 2. The number of hydrogen-bond acceptors (Lipinski definition) is 3. The first-order chi connectivity index (χ1) is 5.46. The third kappa shape index (κ3) is 1.36. The lowest BCUT2D eigenvalue weighted by atomic mass is 9.85. The standard InChI is InChI=1S/C5H4BBr2NO3/c1-6(12)9-4(10)2(7)3(8)5(9)11/h12H,1H3. The summed E-state index contributed by atoms with van der Waals surface area (Å²) < 4.78 is 0.293. The zero-order valence-corrected chi connectivity index (χ0v) is 9.22. The van der Waals surface area contributed by atoms with Crippen LogP contribution < -0.4 is 0 Å². The van der Waals surface area contributed by atoms with Gasteiger partial charge in [-0.25, -0.2) is 0 Å². The first-order valence-electron chi connectivity index (χ1n) is 3.08. The van der Waals surface area contributed by atoms with Crippen LogP contribution in [0.1, 0.15) is 0 Å². The highest BCUT2D eigenvalue weighted by Gasteiger charge is 2.39. The van der Waals surface area contributed by atoms with Gasteiger partial charge in [-0.1, -0.05) is 0 Å². The topological polar surface area (TPSA) is 57.6 Å². The van der Waals surface area contributed by atoms with Gasteiger partial charge in [0.15, 0.2) is 0 Å². The molecule has 1 aliphatic rings. The van der Waals surface area contributed by atoms with Gasteiger partial charge in [-0.3, -0.25) is 14.4 Å². The van der Waals surface area contributed by atoms with E-state index in [0.29, 0.717) is 0 Å². The van der Waals surface area contributed by atoms with Crippen LogP contribution in [-0.2, 0) is 9.59 Å². The average molecular weight is 297 g/mol. The van der Waals surface area contributed by atoms with Crippen LogP contribution in [0.4, 0.5) is 0 Å². The van der Waals surface area contributed by atoms with Crippen molar-refractivity contribution >= 4 is 50.7 Å². The van der Waals surface area contributed by atoms with Gasteiger partial charge in [-0.05, 0) is 38.7 Å². The van der Waals surface area contributed by atoms with E-state index in [9.17, 15) is 9.59 Å². The number of rotatable bonds is 1. The molecule has 0 bridgehead atoms. The normalized spacial score (nSPS) is 17.8. The maximum Gasteiger partial charge on any atom is 0.419 e. The minimum Gasteiger partial charge on any atom is -0.432 e. The highest BCUT2D eigenvalue weighted by Crippen LogP contribution is 2.29. The Bertz CT molecular complexity index is 264. The highest BCUT2D eigenvalue weighted by atomic mass is 79.9. The van der Waals surface area contributed by atoms with E-state index in [1.807, 2.05) is 0 Å². The van der Waals surface area contributed by atoms with Crippen molar-refractivity contribution in [3.63, 3.8) is 0 Å². The van der Waals surface area contributed by atoms with Crippen molar-refractivity contribution in [2.24, 2.45) is 0 Å². The number of carbonyl (C=O) groups is 2.